The number of hydrogen-bond acceptors (Lipinski definition) is 6. The third kappa shape index (κ3) is 5.03. The summed E-state index contributed by atoms with van der Waals surface area (Å²) in [7, 11) is 2.81. The minimum Gasteiger partial charge on any atom is -0.493 e. The average Bonchev–Trinajstić information content (AvgIpc) is 3.31. The number of fused-ring (bicyclic) bond motifs is 1. The predicted octanol–water partition coefficient (Wildman–Crippen LogP) is 3.02. The predicted molar refractivity (Wildman–Crippen MR) is 130 cm³/mol. The van der Waals surface area contributed by atoms with Crippen LogP contribution < -0.4 is 30.2 Å². The van der Waals surface area contributed by atoms with Gasteiger partial charge in [-0.1, -0.05) is 18.2 Å². The average molecular weight is 476 g/mol. The van der Waals surface area contributed by atoms with E-state index in [4.69, 9.17) is 19.9 Å². The molecule has 0 radical (unpaired) electrons. The molecule has 1 aliphatic rings. The van der Waals surface area contributed by atoms with E-state index in [9.17, 15) is 14.4 Å². The zero-order valence-electron chi connectivity index (χ0n) is 19.4. The van der Waals surface area contributed by atoms with Gasteiger partial charge >= 0.3 is 0 Å². The van der Waals surface area contributed by atoms with Gasteiger partial charge in [0.2, 0.25) is 5.75 Å². The van der Waals surface area contributed by atoms with Gasteiger partial charge in [-0.05, 0) is 54.4 Å². The number of methoxy groups -OCH3 is 2. The van der Waals surface area contributed by atoms with Crippen molar-refractivity contribution in [3.8, 4) is 17.2 Å². The third-order valence-electron chi connectivity index (χ3n) is 5.60. The van der Waals surface area contributed by atoms with Crippen LogP contribution in [-0.2, 0) is 11.2 Å². The molecule has 0 aliphatic carbocycles. The van der Waals surface area contributed by atoms with Crippen molar-refractivity contribution in [2.45, 2.75) is 6.42 Å². The molecular formula is C26H25N3O6. The third-order valence-corrected chi connectivity index (χ3v) is 5.60. The fourth-order valence-corrected chi connectivity index (χ4v) is 3.90. The molecule has 35 heavy (non-hydrogen) atoms. The maximum Gasteiger partial charge on any atom is 0.258 e. The second-order valence-corrected chi connectivity index (χ2v) is 7.83. The molecule has 0 spiro atoms. The van der Waals surface area contributed by atoms with E-state index in [1.54, 1.807) is 29.2 Å². The molecule has 1 aliphatic heterocycles. The smallest absolute Gasteiger partial charge is 0.258 e. The summed E-state index contributed by atoms with van der Waals surface area (Å²) >= 11 is 0. The van der Waals surface area contributed by atoms with Gasteiger partial charge in [0, 0.05) is 29.0 Å². The zero-order chi connectivity index (χ0) is 24.9. The maximum absolute atomic E-state index is 13.0. The molecule has 0 fully saturated rings. The fraction of sp³-hybridized carbons (Fsp3) is 0.192. The van der Waals surface area contributed by atoms with Crippen LogP contribution in [0.2, 0.25) is 0 Å². The molecule has 3 aromatic rings. The number of carbonyl (C=O) groups excluding carboxylic acids is 3. The Hall–Kier alpha value is -4.53. The van der Waals surface area contributed by atoms with Crippen molar-refractivity contribution in [2.75, 3.05) is 37.6 Å². The summed E-state index contributed by atoms with van der Waals surface area (Å²) in [6.07, 6.45) is 0.829. The quantitative estimate of drug-likeness (QED) is 0.517. The number of carbonyl (C=O) groups is 3. The van der Waals surface area contributed by atoms with Crippen molar-refractivity contribution < 1.29 is 28.6 Å². The van der Waals surface area contributed by atoms with E-state index in [-0.39, 0.29) is 35.3 Å². The number of nitrogens with one attached hydrogen (secondary N) is 1. The van der Waals surface area contributed by atoms with Crippen LogP contribution in [0.15, 0.2) is 60.7 Å². The Morgan fingerprint density at radius 1 is 0.943 bits per heavy atom. The van der Waals surface area contributed by atoms with Crippen molar-refractivity contribution in [1.29, 1.82) is 0 Å². The summed E-state index contributed by atoms with van der Waals surface area (Å²) in [5.74, 6) is -0.585. The van der Waals surface area contributed by atoms with Gasteiger partial charge in [-0.25, -0.2) is 0 Å². The molecule has 0 unspecified atom stereocenters. The molecule has 3 N–H and O–H groups in total. The first-order valence-corrected chi connectivity index (χ1v) is 10.9. The fourth-order valence-electron chi connectivity index (χ4n) is 3.90. The molecule has 0 aromatic heterocycles. The van der Waals surface area contributed by atoms with E-state index < -0.39 is 11.8 Å². The molecule has 180 valence electrons. The molecule has 0 bridgehead atoms. The Balaban J connectivity index is 1.48. The van der Waals surface area contributed by atoms with E-state index in [1.807, 2.05) is 24.3 Å². The summed E-state index contributed by atoms with van der Waals surface area (Å²) < 4.78 is 16.0. The highest BCUT2D eigenvalue weighted by Crippen LogP contribution is 2.38. The van der Waals surface area contributed by atoms with Crippen LogP contribution in [0, 0.1) is 0 Å². The number of primary amides is 1. The molecular weight excluding hydrogens is 450 g/mol. The number of para-hydroxylation sites is 1. The lowest BCUT2D eigenvalue weighted by atomic mass is 10.1. The highest BCUT2D eigenvalue weighted by molar-refractivity contribution is 6.08. The molecule has 0 saturated heterocycles. The number of nitrogens with two attached hydrogens (primary N) is 1. The minimum absolute atomic E-state index is 0.0890. The van der Waals surface area contributed by atoms with Crippen molar-refractivity contribution in [2.24, 2.45) is 5.73 Å². The van der Waals surface area contributed by atoms with Crippen LogP contribution in [-0.4, -0.2) is 45.1 Å². The largest absolute Gasteiger partial charge is 0.493 e. The summed E-state index contributed by atoms with van der Waals surface area (Å²) in [5.41, 5.74) is 8.52. The van der Waals surface area contributed by atoms with Crippen molar-refractivity contribution >= 4 is 29.1 Å². The SMILES string of the molecule is COc1cc(C(=O)Nc2ccc(C(=O)N3CCc4ccccc43)cc2)cc(OC)c1OCC(N)=O. The zero-order valence-corrected chi connectivity index (χ0v) is 19.4. The number of rotatable bonds is 8. The van der Waals surface area contributed by atoms with E-state index in [2.05, 4.69) is 5.32 Å². The van der Waals surface area contributed by atoms with Gasteiger partial charge in [-0.15, -0.1) is 0 Å². The van der Waals surface area contributed by atoms with Crippen molar-refractivity contribution in [1.82, 2.24) is 0 Å². The molecule has 9 heteroatoms. The molecule has 3 aromatic carbocycles. The van der Waals surface area contributed by atoms with Crippen LogP contribution >= 0.6 is 0 Å². The monoisotopic (exact) mass is 475 g/mol. The van der Waals surface area contributed by atoms with Gasteiger partial charge < -0.3 is 30.2 Å². The summed E-state index contributed by atoms with van der Waals surface area (Å²) in [6.45, 7) is 0.270. The summed E-state index contributed by atoms with van der Waals surface area (Å²) in [4.78, 5) is 38.7. The molecule has 4 rings (SSSR count). The first-order chi connectivity index (χ1) is 16.9. The molecule has 1 heterocycles. The Morgan fingerprint density at radius 3 is 2.23 bits per heavy atom. The lowest BCUT2D eigenvalue weighted by Crippen LogP contribution is -2.28. The van der Waals surface area contributed by atoms with Crippen LogP contribution in [0.5, 0.6) is 17.2 Å². The Bertz CT molecular complexity index is 1250. The van der Waals surface area contributed by atoms with Gasteiger partial charge in [0.05, 0.1) is 14.2 Å². The molecule has 0 saturated carbocycles. The first kappa shape index (κ1) is 23.6. The molecule has 3 amide bonds. The second kappa shape index (κ2) is 10.2. The Kier molecular flexibility index (Phi) is 6.86. The highest BCUT2D eigenvalue weighted by Gasteiger charge is 2.25. The topological polar surface area (TPSA) is 120 Å². The van der Waals surface area contributed by atoms with Crippen molar-refractivity contribution in [3.05, 3.63) is 77.4 Å². The highest BCUT2D eigenvalue weighted by atomic mass is 16.5. The number of nitrogens with zero attached hydrogens (tertiary/aromatic N) is 1. The van der Waals surface area contributed by atoms with Gasteiger partial charge in [0.15, 0.2) is 18.1 Å². The van der Waals surface area contributed by atoms with Gasteiger partial charge in [0.25, 0.3) is 17.7 Å². The van der Waals surface area contributed by atoms with Crippen LogP contribution in [0.4, 0.5) is 11.4 Å². The van der Waals surface area contributed by atoms with E-state index in [1.165, 1.54) is 26.4 Å². The number of hydrogen-bond donors (Lipinski definition) is 2. The van der Waals surface area contributed by atoms with Crippen LogP contribution in [0.25, 0.3) is 0 Å². The van der Waals surface area contributed by atoms with Crippen molar-refractivity contribution in [3.63, 3.8) is 0 Å². The number of anilines is 2. The standard InChI is InChI=1S/C26H25N3O6/c1-33-21-13-18(14-22(34-2)24(21)35-15-23(27)30)25(31)28-19-9-7-17(8-10-19)26(32)29-12-11-16-5-3-4-6-20(16)29/h3-10,13-14H,11-12,15H2,1-2H3,(H2,27,30)(H,28,31). The van der Waals surface area contributed by atoms with Gasteiger partial charge in [0.1, 0.15) is 0 Å². The molecule has 9 nitrogen and oxygen atoms in total. The normalized spacial score (nSPS) is 12.0. The Labute approximate surface area is 202 Å². The number of benzene rings is 3. The first-order valence-electron chi connectivity index (χ1n) is 10.9. The Morgan fingerprint density at radius 2 is 1.60 bits per heavy atom. The summed E-state index contributed by atoms with van der Waals surface area (Å²) in [5, 5.41) is 2.79. The molecule has 0 atom stereocenters. The van der Waals surface area contributed by atoms with Crippen LogP contribution in [0.3, 0.4) is 0 Å². The number of ether oxygens (including phenoxy) is 3. The second-order valence-electron chi connectivity index (χ2n) is 7.83. The number of amides is 3. The maximum atomic E-state index is 13.0. The lowest BCUT2D eigenvalue weighted by Gasteiger charge is -2.17. The van der Waals surface area contributed by atoms with E-state index in [0.29, 0.717) is 17.8 Å². The van der Waals surface area contributed by atoms with Gasteiger partial charge in [-0.2, -0.15) is 0 Å². The van der Waals surface area contributed by atoms with E-state index >= 15 is 0 Å². The minimum atomic E-state index is -0.660. The van der Waals surface area contributed by atoms with Gasteiger partial charge in [-0.3, -0.25) is 14.4 Å². The van der Waals surface area contributed by atoms with Crippen LogP contribution in [0.1, 0.15) is 26.3 Å². The summed E-state index contributed by atoms with van der Waals surface area (Å²) in [6, 6.07) is 17.5. The van der Waals surface area contributed by atoms with E-state index in [0.717, 1.165) is 17.7 Å². The lowest BCUT2D eigenvalue weighted by molar-refractivity contribution is -0.120.